The van der Waals surface area contributed by atoms with E-state index in [1.807, 2.05) is 6.08 Å². The van der Waals surface area contributed by atoms with Crippen LogP contribution in [0.3, 0.4) is 0 Å². The quantitative estimate of drug-likeness (QED) is 0.579. The van der Waals surface area contributed by atoms with Gasteiger partial charge in [-0.3, -0.25) is 4.57 Å². The Kier molecular flexibility index (Phi) is 6.05. The smallest absolute Gasteiger partial charge is 0.353 e. The minimum atomic E-state index is -3.20. The van der Waals surface area contributed by atoms with Gasteiger partial charge in [-0.15, -0.1) is 0 Å². The summed E-state index contributed by atoms with van der Waals surface area (Å²) in [5, 5.41) is 22.4. The van der Waals surface area contributed by atoms with Gasteiger partial charge in [0.05, 0.1) is 13.2 Å². The Labute approximate surface area is 137 Å². The predicted molar refractivity (Wildman–Crippen MR) is 87.3 cm³/mol. The van der Waals surface area contributed by atoms with Crippen molar-refractivity contribution in [2.24, 2.45) is 5.41 Å². The van der Waals surface area contributed by atoms with E-state index in [0.29, 0.717) is 19.8 Å². The van der Waals surface area contributed by atoms with E-state index in [9.17, 15) is 14.8 Å². The summed E-state index contributed by atoms with van der Waals surface area (Å²) >= 11 is 0. The van der Waals surface area contributed by atoms with Gasteiger partial charge in [-0.2, -0.15) is 0 Å². The molecule has 1 saturated carbocycles. The molecule has 23 heavy (non-hydrogen) atoms. The minimum absolute atomic E-state index is 0.147. The van der Waals surface area contributed by atoms with Crippen LogP contribution in [0.25, 0.3) is 0 Å². The Balaban J connectivity index is 2.05. The molecule has 1 aliphatic carbocycles. The molecular formula is C15H27N2O5P. The van der Waals surface area contributed by atoms with E-state index in [-0.39, 0.29) is 5.41 Å². The van der Waals surface area contributed by atoms with Crippen molar-refractivity contribution in [3.63, 3.8) is 0 Å². The van der Waals surface area contributed by atoms with Crippen LogP contribution < -0.4 is 5.32 Å². The van der Waals surface area contributed by atoms with E-state index in [1.165, 1.54) is 0 Å². The lowest BCUT2D eigenvalue weighted by atomic mass is 10.1. The fourth-order valence-corrected chi connectivity index (χ4v) is 4.00. The molecule has 8 heteroatoms. The van der Waals surface area contributed by atoms with Crippen LogP contribution in [0.1, 0.15) is 33.6 Å². The van der Waals surface area contributed by atoms with Crippen molar-refractivity contribution < 1.29 is 23.8 Å². The molecule has 1 aliphatic heterocycles. The molecule has 0 aromatic carbocycles. The normalized spacial score (nSPS) is 27.3. The van der Waals surface area contributed by atoms with Crippen LogP contribution in [0.4, 0.5) is 0 Å². The van der Waals surface area contributed by atoms with Gasteiger partial charge in [-0.1, -0.05) is 6.08 Å². The summed E-state index contributed by atoms with van der Waals surface area (Å²) in [5.41, 5.74) is 0.593. The summed E-state index contributed by atoms with van der Waals surface area (Å²) < 4.78 is 23.0. The lowest BCUT2D eigenvalue weighted by Gasteiger charge is -2.36. The molecule has 2 unspecified atom stereocenters. The summed E-state index contributed by atoms with van der Waals surface area (Å²) in [5.74, 6) is 1.54. The van der Waals surface area contributed by atoms with E-state index in [4.69, 9.17) is 9.05 Å². The highest BCUT2D eigenvalue weighted by Gasteiger charge is 2.43. The average molecular weight is 346 g/mol. The standard InChI is InChI=1S/C15H27N2O5P/c1-4-21-23(20,22-5-2)9-8-15(6-7-15)11-17-10-12(3)13(18)16-14(17)19/h8-10,13-14,16,18-19H,4-7,11H2,1-3H3/b9-8+. The molecule has 3 N–H and O–H groups in total. The molecule has 7 nitrogen and oxygen atoms in total. The van der Waals surface area contributed by atoms with Crippen LogP contribution in [-0.4, -0.2) is 47.5 Å². The van der Waals surface area contributed by atoms with Crippen molar-refractivity contribution in [2.45, 2.75) is 46.2 Å². The van der Waals surface area contributed by atoms with Crippen LogP contribution in [0.2, 0.25) is 0 Å². The Morgan fingerprint density at radius 2 is 2.00 bits per heavy atom. The van der Waals surface area contributed by atoms with Crippen LogP contribution in [0.15, 0.2) is 23.7 Å². The Morgan fingerprint density at radius 1 is 1.39 bits per heavy atom. The van der Waals surface area contributed by atoms with E-state index in [1.54, 1.807) is 37.7 Å². The number of hydrogen-bond donors (Lipinski definition) is 3. The Bertz CT molecular complexity index is 508. The molecule has 0 aromatic heterocycles. The van der Waals surface area contributed by atoms with Gasteiger partial charge in [0.25, 0.3) is 0 Å². The highest BCUT2D eigenvalue weighted by Crippen LogP contribution is 2.54. The van der Waals surface area contributed by atoms with Crippen molar-refractivity contribution in [3.8, 4) is 0 Å². The maximum atomic E-state index is 12.5. The third-order valence-corrected chi connectivity index (χ3v) is 5.79. The first kappa shape index (κ1) is 18.6. The molecule has 132 valence electrons. The van der Waals surface area contributed by atoms with Gasteiger partial charge in [0.15, 0.2) is 6.35 Å². The number of hydrogen-bond acceptors (Lipinski definition) is 7. The summed E-state index contributed by atoms with van der Waals surface area (Å²) in [4.78, 5) is 1.74. The summed E-state index contributed by atoms with van der Waals surface area (Å²) in [7, 11) is -3.20. The zero-order valence-corrected chi connectivity index (χ0v) is 14.8. The van der Waals surface area contributed by atoms with Crippen molar-refractivity contribution >= 4 is 7.60 Å². The van der Waals surface area contributed by atoms with Gasteiger partial charge >= 0.3 is 7.60 Å². The number of aliphatic hydroxyl groups is 2. The molecule has 2 atom stereocenters. The molecular weight excluding hydrogens is 319 g/mol. The van der Waals surface area contributed by atoms with Gasteiger partial charge in [-0.05, 0) is 39.2 Å². The SMILES string of the molecule is CCOP(=O)(/C=C/C1(CN2C=C(C)C(O)NC2O)CC1)OCC. The lowest BCUT2D eigenvalue weighted by molar-refractivity contribution is -0.0474. The number of rotatable bonds is 8. The first-order chi connectivity index (χ1) is 10.8. The summed E-state index contributed by atoms with van der Waals surface area (Å²) in [6.45, 7) is 6.57. The van der Waals surface area contributed by atoms with Gasteiger partial charge < -0.3 is 24.2 Å². The first-order valence-electron chi connectivity index (χ1n) is 7.98. The number of nitrogens with zero attached hydrogens (tertiary/aromatic N) is 1. The monoisotopic (exact) mass is 346 g/mol. The molecule has 1 heterocycles. The van der Waals surface area contributed by atoms with E-state index in [2.05, 4.69) is 5.32 Å². The van der Waals surface area contributed by atoms with Gasteiger partial charge in [-0.25, -0.2) is 5.32 Å². The van der Waals surface area contributed by atoms with Gasteiger partial charge in [0.2, 0.25) is 0 Å². The molecule has 0 aromatic rings. The molecule has 1 fully saturated rings. The van der Waals surface area contributed by atoms with Gasteiger partial charge in [0, 0.05) is 24.0 Å². The average Bonchev–Trinajstić information content (AvgIpc) is 3.24. The predicted octanol–water partition coefficient (Wildman–Crippen LogP) is 1.95. The van der Waals surface area contributed by atoms with Crippen molar-refractivity contribution in [3.05, 3.63) is 23.7 Å². The van der Waals surface area contributed by atoms with E-state index in [0.717, 1.165) is 18.4 Å². The largest absolute Gasteiger partial charge is 0.374 e. The van der Waals surface area contributed by atoms with Crippen LogP contribution in [0, 0.1) is 5.41 Å². The second kappa shape index (κ2) is 7.47. The minimum Gasteiger partial charge on any atom is -0.374 e. The third kappa shape index (κ3) is 4.89. The molecule has 2 rings (SSSR count). The molecule has 0 saturated heterocycles. The first-order valence-corrected chi connectivity index (χ1v) is 9.60. The zero-order chi connectivity index (χ0) is 17.1. The highest BCUT2D eigenvalue weighted by atomic mass is 31.2. The fraction of sp³-hybridized carbons (Fsp3) is 0.733. The maximum absolute atomic E-state index is 12.5. The van der Waals surface area contributed by atoms with Crippen molar-refractivity contribution in [1.82, 2.24) is 10.2 Å². The van der Waals surface area contributed by atoms with Crippen LogP contribution >= 0.6 is 7.60 Å². The summed E-state index contributed by atoms with van der Waals surface area (Å²) in [6, 6.07) is 0. The highest BCUT2D eigenvalue weighted by molar-refractivity contribution is 7.57. The number of nitrogens with one attached hydrogen (secondary N) is 1. The molecule has 0 bridgehead atoms. The third-order valence-electron chi connectivity index (χ3n) is 4.04. The molecule has 0 radical (unpaired) electrons. The topological polar surface area (TPSA) is 91.3 Å². The van der Waals surface area contributed by atoms with Crippen LogP contribution in [0.5, 0.6) is 0 Å². The second-order valence-electron chi connectivity index (χ2n) is 6.04. The molecule has 0 spiro atoms. The zero-order valence-electron chi connectivity index (χ0n) is 13.9. The van der Waals surface area contributed by atoms with Crippen molar-refractivity contribution in [2.75, 3.05) is 19.8 Å². The molecule has 2 aliphatic rings. The van der Waals surface area contributed by atoms with E-state index >= 15 is 0 Å². The fourth-order valence-electron chi connectivity index (χ4n) is 2.54. The Morgan fingerprint density at radius 3 is 2.52 bits per heavy atom. The van der Waals surface area contributed by atoms with Crippen LogP contribution in [-0.2, 0) is 13.6 Å². The second-order valence-corrected chi connectivity index (χ2v) is 7.94. The maximum Gasteiger partial charge on any atom is 0.353 e. The van der Waals surface area contributed by atoms with E-state index < -0.39 is 20.2 Å². The lowest BCUT2D eigenvalue weighted by Crippen LogP contribution is -2.53. The Hall–Kier alpha value is -0.690. The molecule has 0 amide bonds. The van der Waals surface area contributed by atoms with Gasteiger partial charge in [0.1, 0.15) is 6.23 Å². The number of aliphatic hydroxyl groups excluding tert-OH is 2. The summed E-state index contributed by atoms with van der Waals surface area (Å²) in [6.07, 6.45) is 3.76. The van der Waals surface area contributed by atoms with Crippen molar-refractivity contribution in [1.29, 1.82) is 0 Å².